The van der Waals surface area contributed by atoms with Gasteiger partial charge in [0.2, 0.25) is 0 Å². The SMILES string of the molecule is COc1cc(C#N)ccc1-c1c[nH]n(-c2ccc(C(=O)NCc3ccccc3)cn2)c1=O. The first-order valence-electron chi connectivity index (χ1n) is 9.78. The molecule has 0 aliphatic rings. The number of carbonyl (C=O) groups is 1. The molecular weight excluding hydrogens is 406 g/mol. The molecule has 32 heavy (non-hydrogen) atoms. The molecule has 1 amide bonds. The topological polar surface area (TPSA) is 113 Å². The van der Waals surface area contributed by atoms with Crippen LogP contribution in [-0.4, -0.2) is 27.8 Å². The van der Waals surface area contributed by atoms with E-state index in [9.17, 15) is 9.59 Å². The minimum atomic E-state index is -0.332. The molecule has 0 unspecified atom stereocenters. The largest absolute Gasteiger partial charge is 0.496 e. The number of hydrogen-bond acceptors (Lipinski definition) is 5. The van der Waals surface area contributed by atoms with Crippen LogP contribution in [-0.2, 0) is 6.54 Å². The lowest BCUT2D eigenvalue weighted by Gasteiger charge is -2.07. The minimum Gasteiger partial charge on any atom is -0.496 e. The summed E-state index contributed by atoms with van der Waals surface area (Å²) in [6, 6.07) is 19.7. The van der Waals surface area contributed by atoms with Gasteiger partial charge in [-0.15, -0.1) is 0 Å². The number of pyridine rings is 1. The Bertz CT molecular complexity index is 1350. The average molecular weight is 425 g/mol. The van der Waals surface area contributed by atoms with E-state index in [-0.39, 0.29) is 11.5 Å². The Labute approximate surface area is 183 Å². The van der Waals surface area contributed by atoms with Gasteiger partial charge in [0.05, 0.1) is 29.9 Å². The minimum absolute atomic E-state index is 0.255. The Hall–Kier alpha value is -4.64. The monoisotopic (exact) mass is 425 g/mol. The Balaban J connectivity index is 1.54. The van der Waals surface area contributed by atoms with Crippen molar-refractivity contribution in [2.45, 2.75) is 6.54 Å². The molecule has 2 aromatic heterocycles. The summed E-state index contributed by atoms with van der Waals surface area (Å²) in [5.41, 5.74) is 2.42. The van der Waals surface area contributed by atoms with Crippen molar-refractivity contribution in [2.24, 2.45) is 0 Å². The lowest BCUT2D eigenvalue weighted by Crippen LogP contribution is -2.23. The number of H-pyrrole nitrogens is 1. The molecule has 0 saturated heterocycles. The van der Waals surface area contributed by atoms with Gasteiger partial charge in [-0.2, -0.15) is 5.26 Å². The number of ether oxygens (including phenoxy) is 1. The molecule has 0 atom stereocenters. The van der Waals surface area contributed by atoms with Crippen LogP contribution in [0.15, 0.2) is 77.9 Å². The van der Waals surface area contributed by atoms with Crippen LogP contribution in [0, 0.1) is 11.3 Å². The van der Waals surface area contributed by atoms with Gasteiger partial charge in [0.25, 0.3) is 11.5 Å². The number of nitriles is 1. The molecule has 2 N–H and O–H groups in total. The van der Waals surface area contributed by atoms with Crippen molar-refractivity contribution in [1.29, 1.82) is 5.26 Å². The maximum Gasteiger partial charge on any atom is 0.280 e. The normalized spacial score (nSPS) is 10.4. The van der Waals surface area contributed by atoms with Crippen LogP contribution in [0.2, 0.25) is 0 Å². The van der Waals surface area contributed by atoms with Gasteiger partial charge in [0.15, 0.2) is 5.82 Å². The number of methoxy groups -OCH3 is 1. The first kappa shape index (κ1) is 20.6. The number of hydrogen-bond donors (Lipinski definition) is 2. The number of nitrogens with one attached hydrogen (secondary N) is 2. The van der Waals surface area contributed by atoms with Gasteiger partial charge in [-0.3, -0.25) is 14.7 Å². The highest BCUT2D eigenvalue weighted by Gasteiger charge is 2.16. The molecule has 4 rings (SSSR count). The predicted octanol–water partition coefficient (Wildman–Crippen LogP) is 3.04. The number of rotatable bonds is 6. The van der Waals surface area contributed by atoms with Crippen LogP contribution in [0.25, 0.3) is 16.9 Å². The van der Waals surface area contributed by atoms with Crippen LogP contribution in [0.1, 0.15) is 21.5 Å². The number of nitrogens with zero attached hydrogens (tertiary/aromatic N) is 3. The highest BCUT2D eigenvalue weighted by Crippen LogP contribution is 2.28. The number of amides is 1. The van der Waals surface area contributed by atoms with E-state index in [1.165, 1.54) is 18.0 Å². The fourth-order valence-electron chi connectivity index (χ4n) is 3.25. The van der Waals surface area contributed by atoms with Gasteiger partial charge in [0.1, 0.15) is 5.75 Å². The van der Waals surface area contributed by atoms with Gasteiger partial charge in [-0.1, -0.05) is 30.3 Å². The first-order valence-corrected chi connectivity index (χ1v) is 9.78. The van der Waals surface area contributed by atoms with Crippen molar-refractivity contribution in [1.82, 2.24) is 20.1 Å². The summed E-state index contributed by atoms with van der Waals surface area (Å²) < 4.78 is 6.61. The van der Waals surface area contributed by atoms with E-state index in [1.54, 1.807) is 36.5 Å². The second-order valence-electron chi connectivity index (χ2n) is 6.93. The number of carbonyl (C=O) groups excluding carboxylic acids is 1. The molecule has 0 aliphatic carbocycles. The average Bonchev–Trinajstić information content (AvgIpc) is 3.23. The standard InChI is InChI=1S/C24H19N5O3/c1-32-21-11-17(12-25)7-9-19(21)20-15-28-29(24(20)31)22-10-8-18(14-26-22)23(30)27-13-16-5-3-2-4-6-16/h2-11,14-15,28H,13H2,1H3,(H,27,30). The van der Waals surface area contributed by atoms with E-state index in [4.69, 9.17) is 10.00 Å². The van der Waals surface area contributed by atoms with Gasteiger partial charge < -0.3 is 10.1 Å². The number of benzene rings is 2. The van der Waals surface area contributed by atoms with Crippen LogP contribution < -0.4 is 15.6 Å². The smallest absolute Gasteiger partial charge is 0.280 e. The summed E-state index contributed by atoms with van der Waals surface area (Å²) in [7, 11) is 1.48. The van der Waals surface area contributed by atoms with E-state index >= 15 is 0 Å². The summed E-state index contributed by atoms with van der Waals surface area (Å²) in [4.78, 5) is 29.6. The predicted molar refractivity (Wildman–Crippen MR) is 118 cm³/mol. The molecule has 0 radical (unpaired) electrons. The third-order valence-electron chi connectivity index (χ3n) is 4.93. The Morgan fingerprint density at radius 3 is 2.66 bits per heavy atom. The van der Waals surface area contributed by atoms with Gasteiger partial charge in [-0.25, -0.2) is 9.67 Å². The summed E-state index contributed by atoms with van der Waals surface area (Å²) in [6.45, 7) is 0.410. The van der Waals surface area contributed by atoms with E-state index in [2.05, 4.69) is 15.4 Å². The maximum absolute atomic E-state index is 13.0. The van der Waals surface area contributed by atoms with E-state index in [0.717, 1.165) is 5.56 Å². The molecular formula is C24H19N5O3. The number of aromatic amines is 1. The van der Waals surface area contributed by atoms with E-state index in [1.807, 2.05) is 36.4 Å². The van der Waals surface area contributed by atoms with E-state index in [0.29, 0.717) is 40.4 Å². The molecule has 4 aromatic rings. The maximum atomic E-state index is 13.0. The Morgan fingerprint density at radius 1 is 1.16 bits per heavy atom. The second-order valence-corrected chi connectivity index (χ2v) is 6.93. The van der Waals surface area contributed by atoms with Gasteiger partial charge in [0, 0.05) is 24.5 Å². The van der Waals surface area contributed by atoms with Crippen LogP contribution in [0.4, 0.5) is 0 Å². The van der Waals surface area contributed by atoms with Crippen molar-refractivity contribution >= 4 is 5.91 Å². The quantitative estimate of drug-likeness (QED) is 0.493. The molecule has 2 aromatic carbocycles. The summed E-state index contributed by atoms with van der Waals surface area (Å²) in [5, 5.41) is 14.8. The van der Waals surface area contributed by atoms with Crippen molar-refractivity contribution in [3.8, 4) is 28.8 Å². The van der Waals surface area contributed by atoms with Crippen LogP contribution in [0.3, 0.4) is 0 Å². The second kappa shape index (κ2) is 9.02. The fraction of sp³-hybridized carbons (Fsp3) is 0.0833. The molecule has 0 spiro atoms. The highest BCUT2D eigenvalue weighted by atomic mass is 16.5. The van der Waals surface area contributed by atoms with Gasteiger partial charge >= 0.3 is 0 Å². The number of aromatic nitrogens is 3. The summed E-state index contributed by atoms with van der Waals surface area (Å²) in [5.74, 6) is 0.508. The van der Waals surface area contributed by atoms with Crippen molar-refractivity contribution in [3.05, 3.63) is 100 Å². The van der Waals surface area contributed by atoms with Crippen molar-refractivity contribution in [2.75, 3.05) is 7.11 Å². The zero-order valence-electron chi connectivity index (χ0n) is 17.2. The van der Waals surface area contributed by atoms with Gasteiger partial charge in [-0.05, 0) is 35.9 Å². The summed E-state index contributed by atoms with van der Waals surface area (Å²) >= 11 is 0. The van der Waals surface area contributed by atoms with Crippen molar-refractivity contribution in [3.63, 3.8) is 0 Å². The Kier molecular flexibility index (Phi) is 5.81. The first-order chi connectivity index (χ1) is 15.6. The molecule has 0 aliphatic heterocycles. The fourth-order valence-corrected chi connectivity index (χ4v) is 3.25. The van der Waals surface area contributed by atoms with Crippen LogP contribution >= 0.6 is 0 Å². The highest BCUT2D eigenvalue weighted by molar-refractivity contribution is 5.93. The molecule has 2 heterocycles. The summed E-state index contributed by atoms with van der Waals surface area (Å²) in [6.07, 6.45) is 2.97. The molecule has 0 saturated carbocycles. The lowest BCUT2D eigenvalue weighted by molar-refractivity contribution is 0.0950. The third-order valence-corrected chi connectivity index (χ3v) is 4.93. The molecule has 8 nitrogen and oxygen atoms in total. The molecule has 158 valence electrons. The van der Waals surface area contributed by atoms with Crippen molar-refractivity contribution < 1.29 is 9.53 Å². The van der Waals surface area contributed by atoms with E-state index < -0.39 is 0 Å². The third kappa shape index (κ3) is 4.13. The zero-order valence-corrected chi connectivity index (χ0v) is 17.2. The zero-order chi connectivity index (χ0) is 22.5. The van der Waals surface area contributed by atoms with Crippen LogP contribution in [0.5, 0.6) is 5.75 Å². The molecule has 0 fully saturated rings. The Morgan fingerprint density at radius 2 is 1.97 bits per heavy atom. The lowest BCUT2D eigenvalue weighted by atomic mass is 10.1. The molecule has 0 bridgehead atoms. The molecule has 8 heteroatoms.